The number of nitrogens with one attached hydrogen (secondary N) is 4. The van der Waals surface area contributed by atoms with Crippen molar-refractivity contribution >= 4 is 70.5 Å². The highest BCUT2D eigenvalue weighted by Gasteiger charge is 2.49. The Morgan fingerprint density at radius 2 is 0.964 bits per heavy atom. The third-order valence-corrected chi connectivity index (χ3v) is 13.0. The van der Waals surface area contributed by atoms with Gasteiger partial charge < -0.3 is 36.6 Å². The first-order chi connectivity index (χ1) is 26.0. The van der Waals surface area contributed by atoms with Gasteiger partial charge in [-0.2, -0.15) is 0 Å². The van der Waals surface area contributed by atoms with Crippen LogP contribution in [-0.2, 0) is 38.4 Å². The van der Waals surface area contributed by atoms with Crippen molar-refractivity contribution in [1.82, 2.24) is 21.3 Å². The van der Waals surface area contributed by atoms with Crippen LogP contribution in [0.15, 0.2) is 91.0 Å². The van der Waals surface area contributed by atoms with Crippen LogP contribution in [0.2, 0.25) is 0 Å². The van der Waals surface area contributed by atoms with Gasteiger partial charge in [0.25, 0.3) is 0 Å². The molecule has 0 radical (unpaired) electrons. The van der Waals surface area contributed by atoms with Crippen molar-refractivity contribution < 1.29 is 53.7 Å². The number of aliphatic carboxylic acids is 3. The molecule has 0 unspecified atom stereocenters. The van der Waals surface area contributed by atoms with Crippen molar-refractivity contribution in [3.05, 3.63) is 91.0 Å². The zero-order chi connectivity index (χ0) is 40.7. The van der Waals surface area contributed by atoms with Gasteiger partial charge in [0.2, 0.25) is 23.6 Å². The van der Waals surface area contributed by atoms with Crippen molar-refractivity contribution in [2.45, 2.75) is 70.6 Å². The van der Waals surface area contributed by atoms with Crippen molar-refractivity contribution in [3.63, 3.8) is 0 Å². The van der Waals surface area contributed by atoms with E-state index in [1.54, 1.807) is 13.8 Å². The number of ketones is 1. The summed E-state index contributed by atoms with van der Waals surface area (Å²) in [5.74, 6) is -9.07. The highest BCUT2D eigenvalue weighted by molar-refractivity contribution is 7.96. The smallest absolute Gasteiger partial charge is 0.305 e. The predicted molar refractivity (Wildman–Crippen MR) is 205 cm³/mol. The summed E-state index contributed by atoms with van der Waals surface area (Å²) < 4.78 is 0. The van der Waals surface area contributed by atoms with E-state index in [1.807, 2.05) is 91.0 Å². The van der Waals surface area contributed by atoms with Crippen molar-refractivity contribution in [2.24, 2.45) is 5.92 Å². The molecule has 4 atom stereocenters. The summed E-state index contributed by atoms with van der Waals surface area (Å²) >= 11 is 0. The molecule has 4 amide bonds. The molecule has 0 fully saturated rings. The Bertz CT molecular complexity index is 1730. The maximum absolute atomic E-state index is 14.4. The summed E-state index contributed by atoms with van der Waals surface area (Å²) in [5.41, 5.74) is 0. The molecule has 16 heteroatoms. The Labute approximate surface area is 318 Å². The molecule has 292 valence electrons. The van der Waals surface area contributed by atoms with E-state index in [0.717, 1.165) is 22.8 Å². The fraction of sp³-hybridized carbons (Fsp3) is 0.333. The normalized spacial score (nSPS) is 13.3. The molecule has 0 aromatic heterocycles. The van der Waals surface area contributed by atoms with Crippen LogP contribution in [0.4, 0.5) is 0 Å². The molecule has 3 aromatic carbocycles. The van der Waals surface area contributed by atoms with E-state index < -0.39 is 110 Å². The number of amides is 4. The molecule has 0 bridgehead atoms. The molecule has 0 aliphatic carbocycles. The summed E-state index contributed by atoms with van der Waals surface area (Å²) in [4.78, 5) is 101. The van der Waals surface area contributed by atoms with Gasteiger partial charge in [0.15, 0.2) is 5.78 Å². The lowest BCUT2D eigenvalue weighted by Crippen LogP contribution is -2.59. The Kier molecular flexibility index (Phi) is 16.2. The average molecular weight is 778 g/mol. The second-order valence-electron chi connectivity index (χ2n) is 13.2. The van der Waals surface area contributed by atoms with Crippen LogP contribution < -0.4 is 37.2 Å². The van der Waals surface area contributed by atoms with Gasteiger partial charge in [0, 0.05) is 13.3 Å². The van der Waals surface area contributed by atoms with Gasteiger partial charge in [-0.25, -0.2) is 0 Å². The third kappa shape index (κ3) is 12.6. The SMILES string of the molecule is CC(=O)N[C@@H](CC(=O)O)C(=O)N[C@@H](CCC(=O)O)C(=O)N[C@H](C(=O)N[C@@H](CC(=O)O)C(=O)C[P+](c1ccccc1)(c1ccccc1)c1ccccc1)C(C)C. The minimum atomic E-state index is -2.80. The summed E-state index contributed by atoms with van der Waals surface area (Å²) in [5, 5.41) is 40.4. The Hall–Kier alpha value is -5.95. The highest BCUT2D eigenvalue weighted by Crippen LogP contribution is 2.55. The van der Waals surface area contributed by atoms with Crippen LogP contribution >= 0.6 is 7.26 Å². The van der Waals surface area contributed by atoms with Crippen molar-refractivity contribution in [2.75, 3.05) is 6.16 Å². The number of benzene rings is 3. The van der Waals surface area contributed by atoms with Crippen LogP contribution in [0.5, 0.6) is 0 Å². The largest absolute Gasteiger partial charge is 0.481 e. The zero-order valence-electron chi connectivity index (χ0n) is 30.6. The van der Waals surface area contributed by atoms with E-state index in [1.165, 1.54) is 0 Å². The predicted octanol–water partition coefficient (Wildman–Crippen LogP) is 0.979. The van der Waals surface area contributed by atoms with Gasteiger partial charge in [-0.15, -0.1) is 0 Å². The van der Waals surface area contributed by atoms with Crippen molar-refractivity contribution in [3.8, 4) is 0 Å². The van der Waals surface area contributed by atoms with Crippen LogP contribution in [-0.4, -0.2) is 93.0 Å². The first-order valence-electron chi connectivity index (χ1n) is 17.5. The zero-order valence-corrected chi connectivity index (χ0v) is 31.5. The van der Waals surface area contributed by atoms with Gasteiger partial charge in [0.05, 0.1) is 12.8 Å². The number of hydrogen-bond acceptors (Lipinski definition) is 8. The number of hydrogen-bond donors (Lipinski definition) is 7. The molecule has 0 spiro atoms. The minimum Gasteiger partial charge on any atom is -0.481 e. The first kappa shape index (κ1) is 43.5. The van der Waals surface area contributed by atoms with E-state index in [2.05, 4.69) is 21.3 Å². The molecule has 0 aliphatic heterocycles. The lowest BCUT2D eigenvalue weighted by Gasteiger charge is -2.30. The second kappa shape index (κ2) is 20.5. The number of carbonyl (C=O) groups is 8. The fourth-order valence-corrected chi connectivity index (χ4v) is 10.2. The van der Waals surface area contributed by atoms with Crippen LogP contribution in [0, 0.1) is 5.92 Å². The minimum absolute atomic E-state index is 0.156. The van der Waals surface area contributed by atoms with Gasteiger partial charge in [0.1, 0.15) is 53.5 Å². The number of carbonyl (C=O) groups excluding carboxylic acids is 5. The standard InChI is InChI=1S/C39H45N4O11P/c1-24(2)36(43-37(52)29(19-20-33(46)47)41-38(53)31(22-35(50)51)40-25(3)44)39(54)42-30(21-34(48)49)32(45)23-55(26-13-7-4-8-14-26,27-15-9-5-10-16-27)28-17-11-6-12-18-28/h4-18,24,29-31,36H,19-23H2,1-3H3,(H6-,40,41,42,43,44,46,47,48,49,50,51,52,53,54)/p+1/t29-,30-,31-,36-/m0/s1. The Morgan fingerprint density at radius 1 is 0.545 bits per heavy atom. The van der Waals surface area contributed by atoms with Gasteiger partial charge in [-0.3, -0.25) is 38.4 Å². The monoisotopic (exact) mass is 777 g/mol. The molecule has 0 saturated carbocycles. The molecular formula is C39H46N4O11P+. The van der Waals surface area contributed by atoms with Crippen LogP contribution in [0.25, 0.3) is 0 Å². The summed E-state index contributed by atoms with van der Waals surface area (Å²) in [6.45, 7) is 4.19. The Balaban J connectivity index is 1.96. The van der Waals surface area contributed by atoms with Crippen LogP contribution in [0.3, 0.4) is 0 Å². The maximum atomic E-state index is 14.4. The van der Waals surface area contributed by atoms with Gasteiger partial charge in [-0.05, 0) is 48.7 Å². The van der Waals surface area contributed by atoms with Crippen molar-refractivity contribution in [1.29, 1.82) is 0 Å². The molecule has 3 aromatic rings. The van der Waals surface area contributed by atoms with E-state index in [-0.39, 0.29) is 6.16 Å². The summed E-state index contributed by atoms with van der Waals surface area (Å²) in [6, 6.07) is 22.0. The third-order valence-electron chi connectivity index (χ3n) is 8.67. The second-order valence-corrected chi connectivity index (χ2v) is 16.7. The first-order valence-corrected chi connectivity index (χ1v) is 19.4. The lowest BCUT2D eigenvalue weighted by molar-refractivity contribution is -0.142. The fourth-order valence-electron chi connectivity index (χ4n) is 6.02. The lowest BCUT2D eigenvalue weighted by atomic mass is 10.0. The number of rotatable bonds is 21. The topological polar surface area (TPSA) is 245 Å². The molecule has 3 rings (SSSR count). The molecule has 0 aliphatic rings. The van der Waals surface area contributed by atoms with E-state index in [9.17, 15) is 53.7 Å². The molecule has 0 saturated heterocycles. The number of Topliss-reactive ketones (excluding diaryl/α,β-unsaturated/α-hetero) is 1. The molecule has 15 nitrogen and oxygen atoms in total. The molecular weight excluding hydrogens is 731 g/mol. The highest BCUT2D eigenvalue weighted by atomic mass is 31.2. The van der Waals surface area contributed by atoms with Crippen LogP contribution in [0.1, 0.15) is 46.5 Å². The molecule has 0 heterocycles. The molecule has 55 heavy (non-hydrogen) atoms. The van der Waals surface area contributed by atoms with E-state index in [0.29, 0.717) is 0 Å². The molecule has 7 N–H and O–H groups in total. The average Bonchev–Trinajstić information content (AvgIpc) is 3.13. The number of carboxylic acids is 3. The number of carboxylic acid groups (broad SMARTS) is 3. The van der Waals surface area contributed by atoms with E-state index in [4.69, 9.17) is 0 Å². The van der Waals surface area contributed by atoms with Gasteiger partial charge in [-0.1, -0.05) is 68.4 Å². The quantitative estimate of drug-likeness (QED) is 0.0752. The summed E-state index contributed by atoms with van der Waals surface area (Å²) in [6.07, 6.45) is -2.84. The van der Waals surface area contributed by atoms with Gasteiger partial charge >= 0.3 is 17.9 Å². The Morgan fingerprint density at radius 3 is 1.36 bits per heavy atom. The maximum Gasteiger partial charge on any atom is 0.305 e. The summed E-state index contributed by atoms with van der Waals surface area (Å²) in [7, 11) is -2.80. The van der Waals surface area contributed by atoms with E-state index >= 15 is 0 Å².